The normalized spacial score (nSPS) is 25.7. The molecule has 1 aromatic heterocycles. The maximum atomic E-state index is 12.8. The summed E-state index contributed by atoms with van der Waals surface area (Å²) in [6.45, 7) is 6.17. The molecule has 140 valence electrons. The van der Waals surface area contributed by atoms with Crippen LogP contribution >= 0.6 is 0 Å². The summed E-state index contributed by atoms with van der Waals surface area (Å²) in [7, 11) is -2.96. The summed E-state index contributed by atoms with van der Waals surface area (Å²) in [6.07, 6.45) is 0.619. The van der Waals surface area contributed by atoms with Gasteiger partial charge in [0.15, 0.2) is 9.84 Å². The van der Waals surface area contributed by atoms with Crippen molar-refractivity contribution in [1.82, 2.24) is 19.8 Å². The summed E-state index contributed by atoms with van der Waals surface area (Å²) in [5.74, 6) is 1.21. The van der Waals surface area contributed by atoms with Gasteiger partial charge in [0, 0.05) is 31.2 Å². The van der Waals surface area contributed by atoms with Crippen LogP contribution in [-0.4, -0.2) is 66.0 Å². The Hall–Kier alpha value is -1.93. The molecule has 2 saturated heterocycles. The highest BCUT2D eigenvalue weighted by molar-refractivity contribution is 7.91. The number of sulfone groups is 1. The standard InChI is InChI=1S/C18H24N4O3S/c1-12-10-21(7-6-19-12)18(23)14-3-4-17-16(9-14)20-13(2)22(17)15-5-8-26(24,25)11-15/h3-4,9,12,15,19H,5-8,10-11H2,1-2H3/t12-,15-/m0/s1. The van der Waals surface area contributed by atoms with Gasteiger partial charge in [0.05, 0.1) is 28.6 Å². The summed E-state index contributed by atoms with van der Waals surface area (Å²) in [5, 5.41) is 3.34. The number of imidazole rings is 1. The largest absolute Gasteiger partial charge is 0.336 e. The van der Waals surface area contributed by atoms with Gasteiger partial charge in [-0.2, -0.15) is 0 Å². The van der Waals surface area contributed by atoms with E-state index in [2.05, 4.69) is 17.2 Å². The average Bonchev–Trinajstić information content (AvgIpc) is 3.11. The molecular weight excluding hydrogens is 352 g/mol. The summed E-state index contributed by atoms with van der Waals surface area (Å²) >= 11 is 0. The fraction of sp³-hybridized carbons (Fsp3) is 0.556. The van der Waals surface area contributed by atoms with Gasteiger partial charge < -0.3 is 14.8 Å². The van der Waals surface area contributed by atoms with E-state index in [1.807, 2.05) is 34.6 Å². The highest BCUT2D eigenvalue weighted by Crippen LogP contribution is 2.29. The number of nitrogens with one attached hydrogen (secondary N) is 1. The first-order valence-electron chi connectivity index (χ1n) is 9.06. The Balaban J connectivity index is 1.66. The molecule has 0 bridgehead atoms. The number of amides is 1. The molecule has 3 heterocycles. The third-order valence-corrected chi connectivity index (χ3v) is 7.09. The fourth-order valence-electron chi connectivity index (χ4n) is 4.09. The second-order valence-corrected chi connectivity index (χ2v) is 9.62. The van der Waals surface area contributed by atoms with E-state index in [9.17, 15) is 13.2 Å². The minimum absolute atomic E-state index is 0.0240. The number of fused-ring (bicyclic) bond motifs is 1. The fourth-order valence-corrected chi connectivity index (χ4v) is 5.79. The van der Waals surface area contributed by atoms with Gasteiger partial charge in [0.25, 0.3) is 5.91 Å². The van der Waals surface area contributed by atoms with Crippen molar-refractivity contribution in [2.75, 3.05) is 31.1 Å². The van der Waals surface area contributed by atoms with E-state index in [1.54, 1.807) is 0 Å². The van der Waals surface area contributed by atoms with Gasteiger partial charge in [-0.25, -0.2) is 13.4 Å². The number of hydrogen-bond acceptors (Lipinski definition) is 5. The third kappa shape index (κ3) is 3.12. The number of piperazine rings is 1. The van der Waals surface area contributed by atoms with Crippen LogP contribution in [0.1, 0.15) is 35.6 Å². The van der Waals surface area contributed by atoms with Crippen molar-refractivity contribution >= 4 is 26.8 Å². The summed E-state index contributed by atoms with van der Waals surface area (Å²) in [5.41, 5.74) is 2.28. The number of aromatic nitrogens is 2. The van der Waals surface area contributed by atoms with Crippen molar-refractivity contribution in [2.24, 2.45) is 0 Å². The quantitative estimate of drug-likeness (QED) is 0.850. The molecule has 0 aliphatic carbocycles. The lowest BCUT2D eigenvalue weighted by Gasteiger charge is -2.32. The zero-order valence-electron chi connectivity index (χ0n) is 15.1. The molecule has 1 N–H and O–H groups in total. The van der Waals surface area contributed by atoms with Crippen molar-refractivity contribution in [3.05, 3.63) is 29.6 Å². The molecule has 0 unspecified atom stereocenters. The highest BCUT2D eigenvalue weighted by atomic mass is 32.2. The Morgan fingerprint density at radius 1 is 1.35 bits per heavy atom. The number of benzene rings is 1. The molecule has 0 saturated carbocycles. The number of carbonyl (C=O) groups is 1. The molecule has 1 amide bonds. The Kier molecular flexibility index (Phi) is 4.27. The van der Waals surface area contributed by atoms with Crippen LogP contribution in [0.25, 0.3) is 11.0 Å². The lowest BCUT2D eigenvalue weighted by atomic mass is 10.1. The van der Waals surface area contributed by atoms with Crippen LogP contribution < -0.4 is 5.32 Å². The Bertz CT molecular complexity index is 966. The van der Waals surface area contributed by atoms with E-state index in [-0.39, 0.29) is 23.5 Å². The predicted molar refractivity (Wildman–Crippen MR) is 100 cm³/mol. The molecule has 8 heteroatoms. The van der Waals surface area contributed by atoms with Crippen molar-refractivity contribution in [1.29, 1.82) is 0 Å². The number of carbonyl (C=O) groups excluding carboxylic acids is 1. The van der Waals surface area contributed by atoms with Crippen LogP contribution in [0.15, 0.2) is 18.2 Å². The molecule has 1 aromatic carbocycles. The zero-order chi connectivity index (χ0) is 18.5. The molecule has 0 radical (unpaired) electrons. The van der Waals surface area contributed by atoms with E-state index in [1.165, 1.54) is 0 Å². The van der Waals surface area contributed by atoms with Crippen LogP contribution in [0.3, 0.4) is 0 Å². The molecule has 7 nitrogen and oxygen atoms in total. The van der Waals surface area contributed by atoms with E-state index in [0.29, 0.717) is 31.1 Å². The smallest absolute Gasteiger partial charge is 0.254 e. The number of hydrogen-bond donors (Lipinski definition) is 1. The van der Waals surface area contributed by atoms with Crippen molar-refractivity contribution in [2.45, 2.75) is 32.4 Å². The molecule has 4 rings (SSSR count). The molecule has 2 aromatic rings. The molecule has 2 aliphatic heterocycles. The SMILES string of the molecule is Cc1nc2cc(C(=O)N3CCN[C@@H](C)C3)ccc2n1[C@H]1CCS(=O)(=O)C1. The Labute approximate surface area is 153 Å². The maximum Gasteiger partial charge on any atom is 0.254 e. The monoisotopic (exact) mass is 376 g/mol. The van der Waals surface area contributed by atoms with Gasteiger partial charge >= 0.3 is 0 Å². The van der Waals surface area contributed by atoms with Crippen molar-refractivity contribution in [3.63, 3.8) is 0 Å². The number of rotatable bonds is 2. The minimum Gasteiger partial charge on any atom is -0.336 e. The van der Waals surface area contributed by atoms with Crippen molar-refractivity contribution in [3.8, 4) is 0 Å². The minimum atomic E-state index is -2.96. The van der Waals surface area contributed by atoms with E-state index >= 15 is 0 Å². The van der Waals surface area contributed by atoms with Crippen LogP contribution in [-0.2, 0) is 9.84 Å². The van der Waals surface area contributed by atoms with Crippen LogP contribution in [0.4, 0.5) is 0 Å². The van der Waals surface area contributed by atoms with Gasteiger partial charge in [-0.1, -0.05) is 0 Å². The summed E-state index contributed by atoms with van der Waals surface area (Å²) < 4.78 is 25.7. The second-order valence-electron chi connectivity index (χ2n) is 7.40. The van der Waals surface area contributed by atoms with Crippen molar-refractivity contribution < 1.29 is 13.2 Å². The molecule has 2 fully saturated rings. The number of nitrogens with zero attached hydrogens (tertiary/aromatic N) is 3. The topological polar surface area (TPSA) is 84.3 Å². The summed E-state index contributed by atoms with van der Waals surface area (Å²) in [6, 6.07) is 5.79. The first-order valence-corrected chi connectivity index (χ1v) is 10.9. The predicted octanol–water partition coefficient (Wildman–Crippen LogP) is 1.14. The van der Waals surface area contributed by atoms with E-state index in [0.717, 1.165) is 23.4 Å². The van der Waals surface area contributed by atoms with Gasteiger partial charge in [0.1, 0.15) is 5.82 Å². The molecule has 2 atom stereocenters. The summed E-state index contributed by atoms with van der Waals surface area (Å²) in [4.78, 5) is 19.3. The lowest BCUT2D eigenvalue weighted by Crippen LogP contribution is -2.51. The maximum absolute atomic E-state index is 12.8. The number of aryl methyl sites for hydroxylation is 1. The van der Waals surface area contributed by atoms with E-state index < -0.39 is 9.84 Å². The van der Waals surface area contributed by atoms with Gasteiger partial charge in [-0.3, -0.25) is 4.79 Å². The van der Waals surface area contributed by atoms with Crippen LogP contribution in [0, 0.1) is 6.92 Å². The van der Waals surface area contributed by atoms with Gasteiger partial charge in [-0.15, -0.1) is 0 Å². The second kappa shape index (κ2) is 6.35. The Morgan fingerprint density at radius 2 is 2.15 bits per heavy atom. The van der Waals surface area contributed by atoms with Gasteiger partial charge in [0.2, 0.25) is 0 Å². The lowest BCUT2D eigenvalue weighted by molar-refractivity contribution is 0.0709. The first-order chi connectivity index (χ1) is 12.3. The first kappa shape index (κ1) is 17.5. The van der Waals surface area contributed by atoms with Crippen LogP contribution in [0.2, 0.25) is 0 Å². The third-order valence-electron chi connectivity index (χ3n) is 5.34. The molecule has 26 heavy (non-hydrogen) atoms. The van der Waals surface area contributed by atoms with Crippen LogP contribution in [0.5, 0.6) is 0 Å². The molecule has 0 spiro atoms. The molecule has 2 aliphatic rings. The highest BCUT2D eigenvalue weighted by Gasteiger charge is 2.31. The van der Waals surface area contributed by atoms with E-state index in [4.69, 9.17) is 0 Å². The Morgan fingerprint density at radius 3 is 2.85 bits per heavy atom. The molecular formula is C18H24N4O3S. The zero-order valence-corrected chi connectivity index (χ0v) is 15.9. The average molecular weight is 376 g/mol. The van der Waals surface area contributed by atoms with Gasteiger partial charge in [-0.05, 0) is 38.5 Å².